The van der Waals surface area contributed by atoms with Crippen LogP contribution in [-0.2, 0) is 6.42 Å². The molecular weight excluding hydrogens is 238 g/mol. The molecule has 0 aliphatic rings. The molecule has 5 nitrogen and oxygen atoms in total. The van der Waals surface area contributed by atoms with Crippen molar-refractivity contribution in [1.82, 2.24) is 19.9 Å². The van der Waals surface area contributed by atoms with E-state index in [2.05, 4.69) is 46.0 Å². The predicted molar refractivity (Wildman–Crippen MR) is 76.0 cm³/mol. The van der Waals surface area contributed by atoms with Crippen LogP contribution in [0.15, 0.2) is 18.6 Å². The van der Waals surface area contributed by atoms with Crippen molar-refractivity contribution >= 4 is 5.82 Å². The normalized spacial score (nSPS) is 10.5. The van der Waals surface area contributed by atoms with Gasteiger partial charge in [0.05, 0.1) is 6.20 Å². The standard InChI is InChI=1S/C14H19N5/c1-4-6-17-13-10(3)11(5-2)18-14(19-13)12-9-15-7-8-16-12/h7-9H,4-6H2,1-3H3,(H,17,18,19). The lowest BCUT2D eigenvalue weighted by atomic mass is 10.2. The maximum absolute atomic E-state index is 4.58. The zero-order chi connectivity index (χ0) is 13.7. The highest BCUT2D eigenvalue weighted by Gasteiger charge is 2.11. The first-order valence-electron chi connectivity index (χ1n) is 6.64. The summed E-state index contributed by atoms with van der Waals surface area (Å²) in [6, 6.07) is 0. The number of aromatic nitrogens is 4. The molecule has 0 aliphatic heterocycles. The first kappa shape index (κ1) is 13.4. The second-order valence-electron chi connectivity index (χ2n) is 4.34. The minimum absolute atomic E-state index is 0.633. The Morgan fingerprint density at radius 3 is 2.63 bits per heavy atom. The van der Waals surface area contributed by atoms with Crippen LogP contribution in [0.1, 0.15) is 31.5 Å². The van der Waals surface area contributed by atoms with Gasteiger partial charge in [-0.2, -0.15) is 0 Å². The zero-order valence-electron chi connectivity index (χ0n) is 11.6. The fourth-order valence-electron chi connectivity index (χ4n) is 1.85. The molecule has 0 fully saturated rings. The van der Waals surface area contributed by atoms with Crippen molar-refractivity contribution in [3.63, 3.8) is 0 Å². The highest BCUT2D eigenvalue weighted by molar-refractivity contribution is 5.55. The number of hydrogen-bond donors (Lipinski definition) is 1. The number of nitrogens with one attached hydrogen (secondary N) is 1. The lowest BCUT2D eigenvalue weighted by molar-refractivity contribution is 0.932. The maximum Gasteiger partial charge on any atom is 0.182 e. The van der Waals surface area contributed by atoms with Gasteiger partial charge in [-0.05, 0) is 19.8 Å². The Kier molecular flexibility index (Phi) is 4.39. The largest absolute Gasteiger partial charge is 0.370 e. The van der Waals surface area contributed by atoms with E-state index in [1.807, 2.05) is 0 Å². The Hall–Kier alpha value is -2.04. The summed E-state index contributed by atoms with van der Waals surface area (Å²) in [4.78, 5) is 17.5. The van der Waals surface area contributed by atoms with Crippen LogP contribution >= 0.6 is 0 Å². The fraction of sp³-hybridized carbons (Fsp3) is 0.429. The zero-order valence-corrected chi connectivity index (χ0v) is 11.6. The highest BCUT2D eigenvalue weighted by Crippen LogP contribution is 2.20. The van der Waals surface area contributed by atoms with Crippen molar-refractivity contribution in [3.8, 4) is 11.5 Å². The third kappa shape index (κ3) is 3.05. The minimum atomic E-state index is 0.633. The molecule has 0 aromatic carbocycles. The first-order chi connectivity index (χ1) is 9.26. The third-order valence-electron chi connectivity index (χ3n) is 2.92. The van der Waals surface area contributed by atoms with Crippen LogP contribution in [0.2, 0.25) is 0 Å². The minimum Gasteiger partial charge on any atom is -0.370 e. The van der Waals surface area contributed by atoms with Crippen LogP contribution in [0.3, 0.4) is 0 Å². The average Bonchev–Trinajstić information content (AvgIpc) is 2.47. The molecule has 0 aliphatic carbocycles. The van der Waals surface area contributed by atoms with Gasteiger partial charge in [0, 0.05) is 30.2 Å². The van der Waals surface area contributed by atoms with Gasteiger partial charge in [-0.15, -0.1) is 0 Å². The molecule has 0 atom stereocenters. The van der Waals surface area contributed by atoms with Crippen LogP contribution in [0.25, 0.3) is 11.5 Å². The molecule has 0 radical (unpaired) electrons. The smallest absolute Gasteiger partial charge is 0.182 e. The van der Waals surface area contributed by atoms with E-state index in [-0.39, 0.29) is 0 Å². The van der Waals surface area contributed by atoms with Gasteiger partial charge in [0.2, 0.25) is 0 Å². The van der Waals surface area contributed by atoms with Gasteiger partial charge in [0.15, 0.2) is 5.82 Å². The molecule has 0 bridgehead atoms. The molecule has 0 amide bonds. The summed E-state index contributed by atoms with van der Waals surface area (Å²) in [5.41, 5.74) is 2.87. The van der Waals surface area contributed by atoms with Gasteiger partial charge in [-0.3, -0.25) is 4.98 Å². The molecule has 0 saturated heterocycles. The summed E-state index contributed by atoms with van der Waals surface area (Å²) in [6.45, 7) is 7.19. The second-order valence-corrected chi connectivity index (χ2v) is 4.34. The first-order valence-corrected chi connectivity index (χ1v) is 6.64. The van der Waals surface area contributed by atoms with E-state index in [1.165, 1.54) is 0 Å². The number of aryl methyl sites for hydroxylation is 1. The Balaban J connectivity index is 2.45. The monoisotopic (exact) mass is 257 g/mol. The van der Waals surface area contributed by atoms with Crippen molar-refractivity contribution in [2.75, 3.05) is 11.9 Å². The van der Waals surface area contributed by atoms with Gasteiger partial charge in [-0.25, -0.2) is 15.0 Å². The van der Waals surface area contributed by atoms with Gasteiger partial charge in [0.25, 0.3) is 0 Å². The average molecular weight is 257 g/mol. The van der Waals surface area contributed by atoms with E-state index in [1.54, 1.807) is 18.6 Å². The highest BCUT2D eigenvalue weighted by atomic mass is 15.0. The molecule has 2 rings (SSSR count). The van der Waals surface area contributed by atoms with Crippen LogP contribution in [0.5, 0.6) is 0 Å². The Bertz CT molecular complexity index is 539. The van der Waals surface area contributed by atoms with Gasteiger partial charge in [-0.1, -0.05) is 13.8 Å². The van der Waals surface area contributed by atoms with Crippen molar-refractivity contribution in [3.05, 3.63) is 29.8 Å². The molecule has 100 valence electrons. The molecule has 5 heteroatoms. The summed E-state index contributed by atoms with van der Waals surface area (Å²) in [5, 5.41) is 3.35. The van der Waals surface area contributed by atoms with E-state index < -0.39 is 0 Å². The van der Waals surface area contributed by atoms with E-state index in [0.717, 1.165) is 36.5 Å². The van der Waals surface area contributed by atoms with Crippen LogP contribution < -0.4 is 5.32 Å². The lowest BCUT2D eigenvalue weighted by Gasteiger charge is -2.12. The molecule has 2 aromatic rings. The van der Waals surface area contributed by atoms with Crippen molar-refractivity contribution in [1.29, 1.82) is 0 Å². The van der Waals surface area contributed by atoms with E-state index in [9.17, 15) is 0 Å². The van der Waals surface area contributed by atoms with Crippen molar-refractivity contribution < 1.29 is 0 Å². The summed E-state index contributed by atoms with van der Waals surface area (Å²) in [6.07, 6.45) is 6.93. The Labute approximate surface area is 113 Å². The predicted octanol–water partition coefficient (Wildman–Crippen LogP) is 2.63. The van der Waals surface area contributed by atoms with Crippen molar-refractivity contribution in [2.24, 2.45) is 0 Å². The molecule has 0 saturated carbocycles. The summed E-state index contributed by atoms with van der Waals surface area (Å²) >= 11 is 0. The number of hydrogen-bond acceptors (Lipinski definition) is 5. The molecule has 2 aromatic heterocycles. The van der Waals surface area contributed by atoms with Crippen LogP contribution in [0, 0.1) is 6.92 Å². The number of nitrogens with zero attached hydrogens (tertiary/aromatic N) is 4. The molecule has 0 spiro atoms. The maximum atomic E-state index is 4.58. The van der Waals surface area contributed by atoms with E-state index >= 15 is 0 Å². The summed E-state index contributed by atoms with van der Waals surface area (Å²) in [7, 11) is 0. The summed E-state index contributed by atoms with van der Waals surface area (Å²) < 4.78 is 0. The molecule has 19 heavy (non-hydrogen) atoms. The second kappa shape index (κ2) is 6.22. The van der Waals surface area contributed by atoms with Crippen molar-refractivity contribution in [2.45, 2.75) is 33.6 Å². The Morgan fingerprint density at radius 2 is 2.00 bits per heavy atom. The number of anilines is 1. The topological polar surface area (TPSA) is 63.6 Å². The summed E-state index contributed by atoms with van der Waals surface area (Å²) in [5.74, 6) is 1.53. The number of rotatable bonds is 5. The molecular formula is C14H19N5. The molecule has 0 unspecified atom stereocenters. The van der Waals surface area contributed by atoms with Gasteiger partial charge >= 0.3 is 0 Å². The van der Waals surface area contributed by atoms with Crippen LogP contribution in [0.4, 0.5) is 5.82 Å². The molecule has 1 N–H and O–H groups in total. The Morgan fingerprint density at radius 1 is 1.16 bits per heavy atom. The van der Waals surface area contributed by atoms with Crippen LogP contribution in [-0.4, -0.2) is 26.5 Å². The van der Waals surface area contributed by atoms with E-state index in [4.69, 9.17) is 0 Å². The fourth-order valence-corrected chi connectivity index (χ4v) is 1.85. The van der Waals surface area contributed by atoms with Gasteiger partial charge < -0.3 is 5.32 Å². The quantitative estimate of drug-likeness (QED) is 0.892. The van der Waals surface area contributed by atoms with E-state index in [0.29, 0.717) is 11.5 Å². The third-order valence-corrected chi connectivity index (χ3v) is 2.92. The lowest BCUT2D eigenvalue weighted by Crippen LogP contribution is -2.09. The molecule has 2 heterocycles. The SMILES string of the molecule is CCCNc1nc(-c2cnccn2)nc(CC)c1C. The van der Waals surface area contributed by atoms with Gasteiger partial charge in [0.1, 0.15) is 11.5 Å².